The summed E-state index contributed by atoms with van der Waals surface area (Å²) in [6.45, 7) is 6.79. The highest BCUT2D eigenvalue weighted by Gasteiger charge is 2.21. The standard InChI is InChI=1S/C10H20N2O/c1-4-11-5-7-12(6-1)10-2-8-13-9-3-10/h10-11H,1-9H2. The van der Waals surface area contributed by atoms with Gasteiger partial charge in [0.25, 0.3) is 0 Å². The van der Waals surface area contributed by atoms with Crippen molar-refractivity contribution in [2.75, 3.05) is 39.4 Å². The van der Waals surface area contributed by atoms with Gasteiger partial charge in [-0.25, -0.2) is 0 Å². The van der Waals surface area contributed by atoms with E-state index in [-0.39, 0.29) is 0 Å². The van der Waals surface area contributed by atoms with Crippen molar-refractivity contribution in [3.63, 3.8) is 0 Å². The molecule has 0 aromatic rings. The van der Waals surface area contributed by atoms with Crippen LogP contribution in [0.2, 0.25) is 0 Å². The zero-order valence-corrected chi connectivity index (χ0v) is 8.30. The van der Waals surface area contributed by atoms with E-state index in [9.17, 15) is 0 Å². The number of nitrogens with zero attached hydrogens (tertiary/aromatic N) is 1. The highest BCUT2D eigenvalue weighted by Crippen LogP contribution is 2.14. The summed E-state index contributed by atoms with van der Waals surface area (Å²) in [4.78, 5) is 2.64. The molecule has 0 aromatic carbocycles. The third-order valence-electron chi connectivity index (χ3n) is 3.08. The zero-order chi connectivity index (χ0) is 8.93. The molecule has 0 saturated carbocycles. The van der Waals surface area contributed by atoms with E-state index in [1.165, 1.54) is 38.9 Å². The maximum absolute atomic E-state index is 5.38. The van der Waals surface area contributed by atoms with E-state index in [1.807, 2.05) is 0 Å². The molecule has 2 heterocycles. The van der Waals surface area contributed by atoms with Gasteiger partial charge in [-0.05, 0) is 32.4 Å². The molecule has 0 amide bonds. The number of hydrogen-bond acceptors (Lipinski definition) is 3. The molecular formula is C10H20N2O. The van der Waals surface area contributed by atoms with Gasteiger partial charge in [0.15, 0.2) is 0 Å². The molecule has 0 bridgehead atoms. The fourth-order valence-corrected chi connectivity index (χ4v) is 2.28. The Morgan fingerprint density at radius 3 is 2.77 bits per heavy atom. The summed E-state index contributed by atoms with van der Waals surface area (Å²) >= 11 is 0. The number of ether oxygens (including phenoxy) is 1. The van der Waals surface area contributed by atoms with Crippen LogP contribution in [0.4, 0.5) is 0 Å². The Balaban J connectivity index is 1.82. The van der Waals surface area contributed by atoms with Crippen molar-refractivity contribution < 1.29 is 4.74 Å². The van der Waals surface area contributed by atoms with Gasteiger partial charge in [0, 0.05) is 32.3 Å². The van der Waals surface area contributed by atoms with Crippen LogP contribution in [0, 0.1) is 0 Å². The summed E-state index contributed by atoms with van der Waals surface area (Å²) < 4.78 is 5.38. The lowest BCUT2D eigenvalue weighted by molar-refractivity contribution is 0.0363. The lowest BCUT2D eigenvalue weighted by Gasteiger charge is -2.33. The minimum Gasteiger partial charge on any atom is -0.381 e. The number of nitrogens with one attached hydrogen (secondary N) is 1. The van der Waals surface area contributed by atoms with Crippen molar-refractivity contribution in [1.29, 1.82) is 0 Å². The van der Waals surface area contributed by atoms with E-state index in [0.717, 1.165) is 25.8 Å². The smallest absolute Gasteiger partial charge is 0.0480 e. The van der Waals surface area contributed by atoms with E-state index in [1.54, 1.807) is 0 Å². The molecule has 0 aromatic heterocycles. The summed E-state index contributed by atoms with van der Waals surface area (Å²) in [5.41, 5.74) is 0. The van der Waals surface area contributed by atoms with Gasteiger partial charge >= 0.3 is 0 Å². The lowest BCUT2D eigenvalue weighted by Crippen LogP contribution is -2.41. The Bertz CT molecular complexity index is 138. The van der Waals surface area contributed by atoms with Crippen LogP contribution < -0.4 is 5.32 Å². The molecule has 0 unspecified atom stereocenters. The second kappa shape index (κ2) is 4.94. The van der Waals surface area contributed by atoms with Crippen LogP contribution in [0.15, 0.2) is 0 Å². The topological polar surface area (TPSA) is 24.5 Å². The minimum atomic E-state index is 0.800. The fourth-order valence-electron chi connectivity index (χ4n) is 2.28. The van der Waals surface area contributed by atoms with Crippen molar-refractivity contribution in [2.45, 2.75) is 25.3 Å². The number of rotatable bonds is 1. The molecule has 2 saturated heterocycles. The second-order valence-electron chi connectivity index (χ2n) is 3.98. The molecular weight excluding hydrogens is 164 g/mol. The van der Waals surface area contributed by atoms with Gasteiger partial charge in [-0.1, -0.05) is 0 Å². The Hall–Kier alpha value is -0.120. The average molecular weight is 184 g/mol. The quantitative estimate of drug-likeness (QED) is 0.641. The SMILES string of the molecule is C1CNCCN(C2CCOCC2)C1. The summed E-state index contributed by atoms with van der Waals surface area (Å²) in [7, 11) is 0. The highest BCUT2D eigenvalue weighted by atomic mass is 16.5. The van der Waals surface area contributed by atoms with E-state index in [0.29, 0.717) is 0 Å². The monoisotopic (exact) mass is 184 g/mol. The first-order valence-electron chi connectivity index (χ1n) is 5.49. The summed E-state index contributed by atoms with van der Waals surface area (Å²) in [6, 6.07) is 0.800. The van der Waals surface area contributed by atoms with Crippen LogP contribution in [0.5, 0.6) is 0 Å². The first-order valence-corrected chi connectivity index (χ1v) is 5.49. The van der Waals surface area contributed by atoms with E-state index < -0.39 is 0 Å². The zero-order valence-electron chi connectivity index (χ0n) is 8.30. The molecule has 3 nitrogen and oxygen atoms in total. The summed E-state index contributed by atoms with van der Waals surface area (Å²) in [5.74, 6) is 0. The Labute approximate surface area is 80.4 Å². The van der Waals surface area contributed by atoms with Crippen LogP contribution in [-0.2, 0) is 4.74 Å². The lowest BCUT2D eigenvalue weighted by atomic mass is 10.1. The van der Waals surface area contributed by atoms with Crippen LogP contribution in [0.25, 0.3) is 0 Å². The van der Waals surface area contributed by atoms with E-state index in [4.69, 9.17) is 4.74 Å². The Morgan fingerprint density at radius 1 is 1.08 bits per heavy atom. The summed E-state index contributed by atoms with van der Waals surface area (Å²) in [6.07, 6.45) is 3.78. The van der Waals surface area contributed by atoms with Gasteiger partial charge in [-0.2, -0.15) is 0 Å². The van der Waals surface area contributed by atoms with Crippen molar-refractivity contribution in [1.82, 2.24) is 10.2 Å². The fraction of sp³-hybridized carbons (Fsp3) is 1.00. The predicted molar refractivity (Wildman–Crippen MR) is 52.9 cm³/mol. The van der Waals surface area contributed by atoms with Gasteiger partial charge in [-0.3, -0.25) is 4.90 Å². The van der Waals surface area contributed by atoms with Crippen LogP contribution in [0.1, 0.15) is 19.3 Å². The van der Waals surface area contributed by atoms with Crippen LogP contribution >= 0.6 is 0 Å². The second-order valence-corrected chi connectivity index (χ2v) is 3.98. The highest BCUT2D eigenvalue weighted by molar-refractivity contribution is 4.77. The molecule has 2 fully saturated rings. The summed E-state index contributed by atoms with van der Waals surface area (Å²) in [5, 5.41) is 3.44. The number of hydrogen-bond donors (Lipinski definition) is 1. The molecule has 0 aliphatic carbocycles. The molecule has 2 rings (SSSR count). The van der Waals surface area contributed by atoms with Crippen molar-refractivity contribution in [2.24, 2.45) is 0 Å². The maximum Gasteiger partial charge on any atom is 0.0480 e. The van der Waals surface area contributed by atoms with E-state index >= 15 is 0 Å². The third kappa shape index (κ3) is 2.66. The third-order valence-corrected chi connectivity index (χ3v) is 3.08. The average Bonchev–Trinajstić information content (AvgIpc) is 2.47. The largest absolute Gasteiger partial charge is 0.381 e. The van der Waals surface area contributed by atoms with Gasteiger partial charge in [-0.15, -0.1) is 0 Å². The first-order chi connectivity index (χ1) is 6.47. The molecule has 3 heteroatoms. The van der Waals surface area contributed by atoms with Gasteiger partial charge < -0.3 is 10.1 Å². The molecule has 0 radical (unpaired) electrons. The minimum absolute atomic E-state index is 0.800. The Kier molecular flexibility index (Phi) is 3.58. The molecule has 2 aliphatic heterocycles. The van der Waals surface area contributed by atoms with E-state index in [2.05, 4.69) is 10.2 Å². The van der Waals surface area contributed by atoms with Crippen molar-refractivity contribution in [3.05, 3.63) is 0 Å². The molecule has 76 valence electrons. The Morgan fingerprint density at radius 2 is 1.92 bits per heavy atom. The molecule has 13 heavy (non-hydrogen) atoms. The van der Waals surface area contributed by atoms with Gasteiger partial charge in [0.1, 0.15) is 0 Å². The normalized spacial score (nSPS) is 28.6. The van der Waals surface area contributed by atoms with Gasteiger partial charge in [0.05, 0.1) is 0 Å². The molecule has 2 aliphatic rings. The van der Waals surface area contributed by atoms with Crippen molar-refractivity contribution in [3.8, 4) is 0 Å². The first kappa shape index (κ1) is 9.44. The van der Waals surface area contributed by atoms with Crippen LogP contribution in [0.3, 0.4) is 0 Å². The predicted octanol–water partition coefficient (Wildman–Crippen LogP) is 0.461. The van der Waals surface area contributed by atoms with Gasteiger partial charge in [0.2, 0.25) is 0 Å². The van der Waals surface area contributed by atoms with Crippen LogP contribution in [-0.4, -0.2) is 50.3 Å². The maximum atomic E-state index is 5.38. The van der Waals surface area contributed by atoms with Crippen molar-refractivity contribution >= 4 is 0 Å². The molecule has 0 spiro atoms. The molecule has 0 atom stereocenters. The molecule has 1 N–H and O–H groups in total.